The second kappa shape index (κ2) is 10.5. The number of benzene rings is 3. The Morgan fingerprint density at radius 1 is 0.742 bits per heavy atom. The van der Waals surface area contributed by atoms with Crippen molar-refractivity contribution in [1.82, 2.24) is 10.6 Å². The molecule has 0 bridgehead atoms. The summed E-state index contributed by atoms with van der Waals surface area (Å²) in [7, 11) is 3.07. The van der Waals surface area contributed by atoms with Crippen molar-refractivity contribution in [3.8, 4) is 11.5 Å². The minimum atomic E-state index is -0.808. The first-order valence-corrected chi connectivity index (χ1v) is 10.8. The molecular formula is C23H20Br2N2O4. The van der Waals surface area contributed by atoms with Crippen molar-refractivity contribution in [2.24, 2.45) is 0 Å². The van der Waals surface area contributed by atoms with Crippen molar-refractivity contribution in [2.75, 3.05) is 14.2 Å². The molecule has 3 rings (SSSR count). The zero-order valence-corrected chi connectivity index (χ0v) is 20.0. The maximum atomic E-state index is 12.9. The van der Waals surface area contributed by atoms with E-state index < -0.39 is 6.17 Å². The van der Waals surface area contributed by atoms with Crippen LogP contribution in [0, 0.1) is 0 Å². The summed E-state index contributed by atoms with van der Waals surface area (Å²) >= 11 is 6.74. The largest absolute Gasteiger partial charge is 0.493 e. The number of carbonyl (C=O) groups is 2. The third-order valence-corrected chi connectivity index (χ3v) is 5.45. The molecule has 3 aromatic carbocycles. The van der Waals surface area contributed by atoms with Gasteiger partial charge in [-0.3, -0.25) is 9.59 Å². The van der Waals surface area contributed by atoms with Crippen LogP contribution in [0.5, 0.6) is 11.5 Å². The van der Waals surface area contributed by atoms with Gasteiger partial charge < -0.3 is 20.1 Å². The Morgan fingerprint density at radius 2 is 1.26 bits per heavy atom. The van der Waals surface area contributed by atoms with Crippen molar-refractivity contribution in [2.45, 2.75) is 6.17 Å². The first-order valence-electron chi connectivity index (χ1n) is 9.26. The van der Waals surface area contributed by atoms with Gasteiger partial charge in [-0.15, -0.1) is 0 Å². The van der Waals surface area contributed by atoms with Crippen LogP contribution in [0.1, 0.15) is 32.4 Å². The second-order valence-corrected chi connectivity index (χ2v) is 8.35. The molecule has 0 atom stereocenters. The molecule has 0 unspecified atom stereocenters. The summed E-state index contributed by atoms with van der Waals surface area (Å²) in [6.45, 7) is 0. The molecule has 0 fully saturated rings. The van der Waals surface area contributed by atoms with Crippen molar-refractivity contribution < 1.29 is 19.1 Å². The molecule has 0 aromatic heterocycles. The molecule has 0 spiro atoms. The van der Waals surface area contributed by atoms with Crippen LogP contribution in [0.15, 0.2) is 75.7 Å². The highest BCUT2D eigenvalue weighted by molar-refractivity contribution is 9.10. The average molecular weight is 548 g/mol. The van der Waals surface area contributed by atoms with E-state index in [1.54, 1.807) is 61.7 Å². The molecule has 0 aliphatic rings. The lowest BCUT2D eigenvalue weighted by atomic mass is 10.1. The van der Waals surface area contributed by atoms with Gasteiger partial charge in [-0.2, -0.15) is 0 Å². The zero-order chi connectivity index (χ0) is 22.4. The molecule has 8 heteroatoms. The van der Waals surface area contributed by atoms with E-state index in [0.717, 1.165) is 8.95 Å². The summed E-state index contributed by atoms with van der Waals surface area (Å²) < 4.78 is 12.2. The summed E-state index contributed by atoms with van der Waals surface area (Å²) in [6.07, 6.45) is -0.808. The molecule has 0 heterocycles. The van der Waals surface area contributed by atoms with Crippen LogP contribution in [0.4, 0.5) is 0 Å². The van der Waals surface area contributed by atoms with Gasteiger partial charge in [0.05, 0.1) is 14.2 Å². The Labute approximate surface area is 197 Å². The first-order chi connectivity index (χ1) is 14.9. The van der Waals surface area contributed by atoms with Crippen LogP contribution in [0.25, 0.3) is 0 Å². The van der Waals surface area contributed by atoms with Gasteiger partial charge >= 0.3 is 0 Å². The van der Waals surface area contributed by atoms with E-state index in [1.807, 2.05) is 12.1 Å². The van der Waals surface area contributed by atoms with Gasteiger partial charge in [0.1, 0.15) is 6.17 Å². The highest BCUT2D eigenvalue weighted by Gasteiger charge is 2.21. The van der Waals surface area contributed by atoms with Crippen molar-refractivity contribution in [3.05, 3.63) is 92.4 Å². The molecule has 3 aromatic rings. The van der Waals surface area contributed by atoms with E-state index in [1.165, 1.54) is 7.11 Å². The minimum absolute atomic E-state index is 0.337. The van der Waals surface area contributed by atoms with Crippen LogP contribution in [0.2, 0.25) is 0 Å². The zero-order valence-electron chi connectivity index (χ0n) is 16.8. The average Bonchev–Trinajstić information content (AvgIpc) is 2.78. The van der Waals surface area contributed by atoms with Crippen LogP contribution in [-0.4, -0.2) is 26.0 Å². The topological polar surface area (TPSA) is 76.7 Å². The monoisotopic (exact) mass is 546 g/mol. The molecular weight excluding hydrogens is 528 g/mol. The van der Waals surface area contributed by atoms with Gasteiger partial charge in [0, 0.05) is 20.1 Å². The maximum Gasteiger partial charge on any atom is 0.253 e. The molecule has 0 radical (unpaired) electrons. The number of hydrogen-bond donors (Lipinski definition) is 2. The normalized spacial score (nSPS) is 10.5. The first kappa shape index (κ1) is 22.8. The van der Waals surface area contributed by atoms with E-state index >= 15 is 0 Å². The smallest absolute Gasteiger partial charge is 0.253 e. The third-order valence-electron chi connectivity index (χ3n) is 4.47. The fourth-order valence-corrected chi connectivity index (χ4v) is 3.72. The van der Waals surface area contributed by atoms with E-state index in [2.05, 4.69) is 42.5 Å². The number of halogens is 2. The molecule has 2 N–H and O–H groups in total. The van der Waals surface area contributed by atoms with E-state index in [-0.39, 0.29) is 11.8 Å². The van der Waals surface area contributed by atoms with Gasteiger partial charge in [0.15, 0.2) is 11.5 Å². The molecule has 0 aliphatic carbocycles. The van der Waals surface area contributed by atoms with Crippen molar-refractivity contribution >= 4 is 43.7 Å². The quantitative estimate of drug-likeness (QED) is 0.404. The van der Waals surface area contributed by atoms with E-state index in [0.29, 0.717) is 28.2 Å². The van der Waals surface area contributed by atoms with Gasteiger partial charge in [-0.25, -0.2) is 0 Å². The molecule has 0 saturated carbocycles. The van der Waals surface area contributed by atoms with Crippen molar-refractivity contribution in [3.63, 3.8) is 0 Å². The van der Waals surface area contributed by atoms with Gasteiger partial charge in [0.2, 0.25) is 0 Å². The van der Waals surface area contributed by atoms with Gasteiger partial charge in [-0.1, -0.05) is 50.1 Å². The minimum Gasteiger partial charge on any atom is -0.493 e. The van der Waals surface area contributed by atoms with Gasteiger partial charge in [-0.05, 0) is 54.1 Å². The highest BCUT2D eigenvalue weighted by atomic mass is 79.9. The number of rotatable bonds is 7. The fraction of sp³-hybridized carbons (Fsp3) is 0.130. The summed E-state index contributed by atoms with van der Waals surface area (Å²) in [4.78, 5) is 25.8. The lowest BCUT2D eigenvalue weighted by molar-refractivity contribution is 0.0883. The van der Waals surface area contributed by atoms with E-state index in [9.17, 15) is 9.59 Å². The maximum absolute atomic E-state index is 12.9. The molecule has 0 saturated heterocycles. The van der Waals surface area contributed by atoms with Gasteiger partial charge in [0.25, 0.3) is 11.8 Å². The number of hydrogen-bond acceptors (Lipinski definition) is 4. The van der Waals surface area contributed by atoms with Crippen molar-refractivity contribution in [1.29, 1.82) is 0 Å². The SMILES string of the molecule is COc1ccc(C(NC(=O)c2cccc(Br)c2)NC(=O)c2cccc(Br)c2)cc1OC. The predicted molar refractivity (Wildman–Crippen MR) is 126 cm³/mol. The lowest BCUT2D eigenvalue weighted by Crippen LogP contribution is -2.41. The fourth-order valence-electron chi connectivity index (χ4n) is 2.92. The summed E-state index contributed by atoms with van der Waals surface area (Å²) in [5.74, 6) is 0.353. The van der Waals surface area contributed by atoms with Crippen LogP contribution < -0.4 is 20.1 Å². The summed E-state index contributed by atoms with van der Waals surface area (Å²) in [6, 6.07) is 19.2. The Balaban J connectivity index is 1.93. The molecule has 31 heavy (non-hydrogen) atoms. The summed E-state index contributed by atoms with van der Waals surface area (Å²) in [5, 5.41) is 5.76. The van der Waals surface area contributed by atoms with E-state index in [4.69, 9.17) is 9.47 Å². The standard InChI is InChI=1S/C23H20Br2N2O4/c1-30-19-10-9-14(13-20(19)31-2)21(26-22(28)15-5-3-7-17(24)11-15)27-23(29)16-6-4-8-18(25)12-16/h3-13,21H,1-2H3,(H,26,28)(H,27,29). The number of amides is 2. The molecule has 2 amide bonds. The molecule has 6 nitrogen and oxygen atoms in total. The third kappa shape index (κ3) is 5.86. The van der Waals surface area contributed by atoms with Crippen LogP contribution in [0.3, 0.4) is 0 Å². The summed E-state index contributed by atoms with van der Waals surface area (Å²) in [5.41, 5.74) is 1.54. The molecule has 160 valence electrons. The second-order valence-electron chi connectivity index (χ2n) is 6.52. The number of ether oxygens (including phenoxy) is 2. The Morgan fingerprint density at radius 3 is 1.71 bits per heavy atom. The highest BCUT2D eigenvalue weighted by Crippen LogP contribution is 2.30. The Bertz CT molecular complexity index is 1040. The predicted octanol–water partition coefficient (Wildman–Crippen LogP) is 5.09. The Hall–Kier alpha value is -2.84. The number of methoxy groups -OCH3 is 2. The number of carbonyl (C=O) groups excluding carboxylic acids is 2. The Kier molecular flexibility index (Phi) is 7.70. The van der Waals surface area contributed by atoms with Crippen LogP contribution in [-0.2, 0) is 0 Å². The van der Waals surface area contributed by atoms with Crippen LogP contribution >= 0.6 is 31.9 Å². The number of nitrogens with one attached hydrogen (secondary N) is 2. The lowest BCUT2D eigenvalue weighted by Gasteiger charge is -2.22. The molecule has 0 aliphatic heterocycles.